The maximum absolute atomic E-state index is 13.6. The van der Waals surface area contributed by atoms with Crippen LogP contribution in [0.25, 0.3) is 0 Å². The summed E-state index contributed by atoms with van der Waals surface area (Å²) >= 11 is 6.17. The van der Waals surface area contributed by atoms with E-state index in [0.717, 1.165) is 43.2 Å². The monoisotopic (exact) mass is 625 g/mol. The first-order chi connectivity index (χ1) is 21.2. The molecule has 2 aromatic rings. The molecular weight excluding hydrogens is 582 g/mol. The van der Waals surface area contributed by atoms with E-state index in [9.17, 15) is 19.2 Å². The Hall–Kier alpha value is -3.59. The van der Waals surface area contributed by atoms with Gasteiger partial charge >= 0.3 is 12.1 Å². The number of ether oxygens (including phenoxy) is 2. The molecule has 2 unspecified atom stereocenters. The molecule has 0 radical (unpaired) electrons. The van der Waals surface area contributed by atoms with Gasteiger partial charge in [-0.25, -0.2) is 9.59 Å². The molecule has 0 saturated heterocycles. The van der Waals surface area contributed by atoms with Gasteiger partial charge < -0.3 is 25.0 Å². The molecule has 10 heteroatoms. The lowest BCUT2D eigenvalue weighted by Gasteiger charge is -2.28. The van der Waals surface area contributed by atoms with Crippen LogP contribution in [-0.4, -0.2) is 61.6 Å². The summed E-state index contributed by atoms with van der Waals surface area (Å²) in [7, 11) is 2.97. The second kappa shape index (κ2) is 15.9. The standard InChI is InChI=1S/C34H44ClN3O6/c1-38(21-18-24-10-5-3-6-11-24)30(39)17-16-28(32(41)43-2)36-31(40)29(22-25-12-7-4-8-13-25)37-33(42)44-34(19-20-34)26-14-9-15-27(35)23-26/h3,5-6,9-11,14-15,23,25,28-29H,4,7-8,12-13,16-22H2,1-2H3,(H,36,40)(H,37,42). The number of methoxy groups -OCH3 is 1. The number of carbonyl (C=O) groups excluding carboxylic acids is 4. The van der Waals surface area contributed by atoms with Gasteiger partial charge in [0.15, 0.2) is 0 Å². The molecule has 0 aliphatic heterocycles. The van der Waals surface area contributed by atoms with Crippen molar-refractivity contribution in [1.82, 2.24) is 15.5 Å². The fourth-order valence-electron chi connectivity index (χ4n) is 5.86. The summed E-state index contributed by atoms with van der Waals surface area (Å²) in [4.78, 5) is 53.9. The SMILES string of the molecule is COC(=O)C(CCC(=O)N(C)CCc1ccccc1)NC(=O)C(CC1CCCCC1)NC(=O)OC1(c2cccc(Cl)c2)CC1. The number of hydrogen-bond acceptors (Lipinski definition) is 6. The van der Waals surface area contributed by atoms with E-state index in [0.29, 0.717) is 37.3 Å². The second-order valence-electron chi connectivity index (χ2n) is 12.0. The third-order valence-corrected chi connectivity index (χ3v) is 8.93. The summed E-state index contributed by atoms with van der Waals surface area (Å²) in [6, 6.07) is 15.2. The molecule has 9 nitrogen and oxygen atoms in total. The molecule has 0 bridgehead atoms. The van der Waals surface area contributed by atoms with Crippen molar-refractivity contribution in [2.24, 2.45) is 5.92 Å². The second-order valence-corrected chi connectivity index (χ2v) is 12.4. The molecule has 4 rings (SSSR count). The minimum absolute atomic E-state index is 0.0518. The molecular formula is C34H44ClN3O6. The highest BCUT2D eigenvalue weighted by Crippen LogP contribution is 2.49. The maximum Gasteiger partial charge on any atom is 0.408 e. The van der Waals surface area contributed by atoms with E-state index in [1.165, 1.54) is 7.11 Å². The van der Waals surface area contributed by atoms with Crippen LogP contribution in [0.2, 0.25) is 5.02 Å². The topological polar surface area (TPSA) is 114 Å². The van der Waals surface area contributed by atoms with Crippen LogP contribution >= 0.6 is 11.6 Å². The van der Waals surface area contributed by atoms with Gasteiger partial charge in [-0.1, -0.05) is 86.2 Å². The van der Waals surface area contributed by atoms with E-state index in [4.69, 9.17) is 21.1 Å². The molecule has 2 aromatic carbocycles. The highest BCUT2D eigenvalue weighted by Gasteiger charge is 2.49. The van der Waals surface area contributed by atoms with Gasteiger partial charge in [0.05, 0.1) is 7.11 Å². The molecule has 2 aliphatic carbocycles. The van der Waals surface area contributed by atoms with Crippen molar-refractivity contribution in [3.63, 3.8) is 0 Å². The van der Waals surface area contributed by atoms with Gasteiger partial charge in [0.25, 0.3) is 0 Å². The first-order valence-electron chi connectivity index (χ1n) is 15.6. The predicted molar refractivity (Wildman–Crippen MR) is 168 cm³/mol. The molecule has 238 valence electrons. The number of amides is 3. The highest BCUT2D eigenvalue weighted by molar-refractivity contribution is 6.30. The van der Waals surface area contributed by atoms with E-state index < -0.39 is 35.7 Å². The van der Waals surface area contributed by atoms with Crippen LogP contribution in [0.15, 0.2) is 54.6 Å². The summed E-state index contributed by atoms with van der Waals surface area (Å²) in [5.41, 5.74) is 1.18. The molecule has 0 spiro atoms. The lowest BCUT2D eigenvalue weighted by Crippen LogP contribution is -2.53. The first kappa shape index (κ1) is 33.3. The zero-order valence-electron chi connectivity index (χ0n) is 25.7. The minimum Gasteiger partial charge on any atom is -0.467 e. The Morgan fingerprint density at radius 1 is 0.977 bits per heavy atom. The Labute approximate surface area is 265 Å². The van der Waals surface area contributed by atoms with Gasteiger partial charge in [-0.3, -0.25) is 9.59 Å². The van der Waals surface area contributed by atoms with Crippen LogP contribution in [0.3, 0.4) is 0 Å². The van der Waals surface area contributed by atoms with E-state index in [-0.39, 0.29) is 24.7 Å². The van der Waals surface area contributed by atoms with Crippen molar-refractivity contribution in [1.29, 1.82) is 0 Å². The summed E-state index contributed by atoms with van der Waals surface area (Å²) in [6.07, 6.45) is 7.15. The lowest BCUT2D eigenvalue weighted by atomic mass is 9.84. The van der Waals surface area contributed by atoms with Gasteiger partial charge in [0.1, 0.15) is 17.7 Å². The summed E-state index contributed by atoms with van der Waals surface area (Å²) in [5, 5.41) is 6.11. The Morgan fingerprint density at radius 3 is 2.36 bits per heavy atom. The number of nitrogens with zero attached hydrogens (tertiary/aromatic N) is 1. The summed E-state index contributed by atoms with van der Waals surface area (Å²) in [5.74, 6) is -1.02. The van der Waals surface area contributed by atoms with Crippen molar-refractivity contribution >= 4 is 35.5 Å². The largest absolute Gasteiger partial charge is 0.467 e. The number of hydrogen-bond donors (Lipinski definition) is 2. The van der Waals surface area contributed by atoms with Gasteiger partial charge in [-0.15, -0.1) is 0 Å². The van der Waals surface area contributed by atoms with Gasteiger partial charge in [0.2, 0.25) is 11.8 Å². The molecule has 0 heterocycles. The van der Waals surface area contributed by atoms with Gasteiger partial charge in [-0.2, -0.15) is 0 Å². The van der Waals surface area contributed by atoms with Crippen molar-refractivity contribution in [3.05, 3.63) is 70.7 Å². The van der Waals surface area contributed by atoms with Crippen LogP contribution in [0.1, 0.15) is 75.3 Å². The zero-order valence-corrected chi connectivity index (χ0v) is 26.4. The predicted octanol–water partition coefficient (Wildman–Crippen LogP) is 5.53. The fraction of sp³-hybridized carbons (Fsp3) is 0.529. The van der Waals surface area contributed by atoms with Gasteiger partial charge in [0, 0.05) is 25.0 Å². The average molecular weight is 626 g/mol. The number of benzene rings is 2. The quantitative estimate of drug-likeness (QED) is 0.267. The maximum atomic E-state index is 13.6. The Kier molecular flexibility index (Phi) is 12.1. The molecule has 2 fully saturated rings. The first-order valence-corrected chi connectivity index (χ1v) is 16.0. The van der Waals surface area contributed by atoms with Crippen LogP contribution in [0.4, 0.5) is 4.79 Å². The lowest BCUT2D eigenvalue weighted by molar-refractivity contribution is -0.145. The fourth-order valence-corrected chi connectivity index (χ4v) is 6.05. The Bertz CT molecular complexity index is 1280. The van der Waals surface area contributed by atoms with E-state index in [2.05, 4.69) is 10.6 Å². The normalized spacial score (nSPS) is 17.1. The number of alkyl carbamates (subject to hydrolysis) is 1. The molecule has 2 saturated carbocycles. The molecule has 44 heavy (non-hydrogen) atoms. The minimum atomic E-state index is -1.04. The number of esters is 1. The smallest absolute Gasteiger partial charge is 0.408 e. The molecule has 3 amide bonds. The van der Waals surface area contributed by atoms with Crippen molar-refractivity contribution in [2.75, 3.05) is 20.7 Å². The number of halogens is 1. The number of likely N-dealkylation sites (N-methyl/N-ethyl adjacent to an activating group) is 1. The summed E-state index contributed by atoms with van der Waals surface area (Å²) in [6.45, 7) is 0.532. The summed E-state index contributed by atoms with van der Waals surface area (Å²) < 4.78 is 10.8. The van der Waals surface area contributed by atoms with Crippen molar-refractivity contribution < 1.29 is 28.7 Å². The molecule has 2 atom stereocenters. The van der Waals surface area contributed by atoms with E-state index in [1.54, 1.807) is 24.1 Å². The Morgan fingerprint density at radius 2 is 1.70 bits per heavy atom. The van der Waals surface area contributed by atoms with E-state index in [1.807, 2.05) is 42.5 Å². The average Bonchev–Trinajstić information content (AvgIpc) is 3.82. The molecule has 2 N–H and O–H groups in total. The van der Waals surface area contributed by atoms with Crippen LogP contribution in [0, 0.1) is 5.92 Å². The number of rotatable bonds is 14. The number of nitrogens with one attached hydrogen (secondary N) is 2. The number of carbonyl (C=O) groups is 4. The molecule has 0 aromatic heterocycles. The molecule has 2 aliphatic rings. The Balaban J connectivity index is 1.37. The zero-order chi connectivity index (χ0) is 31.5. The van der Waals surface area contributed by atoms with Gasteiger partial charge in [-0.05, 0) is 61.3 Å². The third kappa shape index (κ3) is 9.71. The van der Waals surface area contributed by atoms with Crippen LogP contribution < -0.4 is 10.6 Å². The van der Waals surface area contributed by atoms with Crippen molar-refractivity contribution in [3.8, 4) is 0 Å². The van der Waals surface area contributed by atoms with Crippen LogP contribution in [-0.2, 0) is 35.9 Å². The van der Waals surface area contributed by atoms with E-state index >= 15 is 0 Å². The van der Waals surface area contributed by atoms with Crippen molar-refractivity contribution in [2.45, 2.75) is 88.3 Å². The van der Waals surface area contributed by atoms with Crippen LogP contribution in [0.5, 0.6) is 0 Å². The third-order valence-electron chi connectivity index (χ3n) is 8.70. The highest BCUT2D eigenvalue weighted by atomic mass is 35.5.